The van der Waals surface area contributed by atoms with Crippen molar-refractivity contribution >= 4 is 10.8 Å². The molecule has 4 heteroatoms. The molecule has 0 spiro atoms. The summed E-state index contributed by atoms with van der Waals surface area (Å²) in [6.07, 6.45) is 1.29. The van der Waals surface area contributed by atoms with E-state index in [-0.39, 0.29) is 6.61 Å². The maximum Gasteiger partial charge on any atom is 0.253 e. The second-order valence-electron chi connectivity index (χ2n) is 3.60. The van der Waals surface area contributed by atoms with Gasteiger partial charge >= 0.3 is 0 Å². The van der Waals surface area contributed by atoms with E-state index in [1.165, 1.54) is 6.39 Å². The summed E-state index contributed by atoms with van der Waals surface area (Å²) in [4.78, 5) is 0. The third-order valence-electron chi connectivity index (χ3n) is 2.51. The Morgan fingerprint density at radius 3 is 2.82 bits per heavy atom. The van der Waals surface area contributed by atoms with Crippen LogP contribution in [0.25, 0.3) is 10.8 Å². The number of ether oxygens (including phenoxy) is 1. The fourth-order valence-electron chi connectivity index (χ4n) is 1.72. The Kier molecular flexibility index (Phi) is 2.46. The van der Waals surface area contributed by atoms with Crippen molar-refractivity contribution in [3.8, 4) is 5.75 Å². The van der Waals surface area contributed by atoms with Crippen LogP contribution >= 0.6 is 0 Å². The highest BCUT2D eigenvalue weighted by Gasteiger charge is 2.03. The van der Waals surface area contributed by atoms with Crippen LogP contribution in [0.15, 0.2) is 53.3 Å². The fraction of sp³-hybridized carbons (Fsp3) is 0.0769. The van der Waals surface area contributed by atoms with Crippen molar-refractivity contribution in [3.63, 3.8) is 0 Å². The highest BCUT2D eigenvalue weighted by atomic mass is 16.5. The second-order valence-corrected chi connectivity index (χ2v) is 3.60. The van der Waals surface area contributed by atoms with Crippen LogP contribution in [0.1, 0.15) is 5.89 Å². The number of hydrogen-bond donors (Lipinski definition) is 0. The van der Waals surface area contributed by atoms with Gasteiger partial charge < -0.3 is 9.15 Å². The number of aromatic nitrogens is 2. The summed E-state index contributed by atoms with van der Waals surface area (Å²) in [5.41, 5.74) is 0. The summed E-state index contributed by atoms with van der Waals surface area (Å²) in [6.45, 7) is 0.286. The zero-order chi connectivity index (χ0) is 11.5. The SMILES string of the molecule is c1ccc2c(OCc3nnco3)cccc2c1. The van der Waals surface area contributed by atoms with E-state index in [0.717, 1.165) is 16.5 Å². The van der Waals surface area contributed by atoms with Crippen molar-refractivity contribution in [3.05, 3.63) is 54.7 Å². The van der Waals surface area contributed by atoms with E-state index in [9.17, 15) is 0 Å². The van der Waals surface area contributed by atoms with E-state index in [4.69, 9.17) is 9.15 Å². The van der Waals surface area contributed by atoms with Gasteiger partial charge in [-0.25, -0.2) is 0 Å². The molecule has 0 aliphatic heterocycles. The molecule has 0 unspecified atom stereocenters. The van der Waals surface area contributed by atoms with Gasteiger partial charge in [0.15, 0.2) is 6.61 Å². The Labute approximate surface area is 97.9 Å². The standard InChI is InChI=1S/C13H10N2O2/c1-2-6-11-10(4-1)5-3-7-12(11)16-8-13-15-14-9-17-13/h1-7,9H,8H2. The van der Waals surface area contributed by atoms with Crippen molar-refractivity contribution in [2.75, 3.05) is 0 Å². The normalized spacial score (nSPS) is 10.6. The number of benzene rings is 2. The highest BCUT2D eigenvalue weighted by Crippen LogP contribution is 2.25. The maximum atomic E-state index is 5.67. The number of fused-ring (bicyclic) bond motifs is 1. The Hall–Kier alpha value is -2.36. The van der Waals surface area contributed by atoms with E-state index >= 15 is 0 Å². The van der Waals surface area contributed by atoms with Gasteiger partial charge in [0.1, 0.15) is 5.75 Å². The van der Waals surface area contributed by atoms with Gasteiger partial charge in [0, 0.05) is 5.39 Å². The van der Waals surface area contributed by atoms with Crippen LogP contribution in [0.5, 0.6) is 5.75 Å². The molecule has 1 heterocycles. The Morgan fingerprint density at radius 2 is 1.94 bits per heavy atom. The molecule has 3 rings (SSSR count). The lowest BCUT2D eigenvalue weighted by molar-refractivity contribution is 0.266. The molecule has 1 aromatic heterocycles. The molecule has 3 aromatic rings. The lowest BCUT2D eigenvalue weighted by Gasteiger charge is -2.06. The van der Waals surface area contributed by atoms with Gasteiger partial charge in [0.25, 0.3) is 5.89 Å². The third-order valence-corrected chi connectivity index (χ3v) is 2.51. The molecule has 0 saturated heterocycles. The summed E-state index contributed by atoms with van der Waals surface area (Å²) >= 11 is 0. The molecule has 0 N–H and O–H groups in total. The lowest BCUT2D eigenvalue weighted by Crippen LogP contribution is -1.96. The van der Waals surface area contributed by atoms with Crippen LogP contribution in [0.2, 0.25) is 0 Å². The van der Waals surface area contributed by atoms with Gasteiger partial charge in [-0.05, 0) is 11.5 Å². The van der Waals surface area contributed by atoms with Gasteiger partial charge in [-0.15, -0.1) is 10.2 Å². The van der Waals surface area contributed by atoms with E-state index in [0.29, 0.717) is 5.89 Å². The minimum Gasteiger partial charge on any atom is -0.483 e. The lowest BCUT2D eigenvalue weighted by atomic mass is 10.1. The molecule has 0 atom stereocenters. The Bertz CT molecular complexity index is 615. The summed E-state index contributed by atoms with van der Waals surface area (Å²) in [5.74, 6) is 1.29. The van der Waals surface area contributed by atoms with Gasteiger partial charge in [-0.2, -0.15) is 0 Å². The monoisotopic (exact) mass is 226 g/mol. The Balaban J connectivity index is 1.90. The summed E-state index contributed by atoms with van der Waals surface area (Å²) in [6, 6.07) is 14.0. The number of hydrogen-bond acceptors (Lipinski definition) is 4. The van der Waals surface area contributed by atoms with Crippen LogP contribution in [0.3, 0.4) is 0 Å². The van der Waals surface area contributed by atoms with Crippen molar-refractivity contribution in [1.82, 2.24) is 10.2 Å². The first kappa shape index (κ1) is 9.84. The fourth-order valence-corrected chi connectivity index (χ4v) is 1.72. The quantitative estimate of drug-likeness (QED) is 0.689. The van der Waals surface area contributed by atoms with Crippen molar-refractivity contribution in [1.29, 1.82) is 0 Å². The topological polar surface area (TPSA) is 48.2 Å². The van der Waals surface area contributed by atoms with Crippen molar-refractivity contribution < 1.29 is 9.15 Å². The zero-order valence-corrected chi connectivity index (χ0v) is 9.04. The zero-order valence-electron chi connectivity index (χ0n) is 9.04. The Morgan fingerprint density at radius 1 is 1.06 bits per heavy atom. The molecular weight excluding hydrogens is 216 g/mol. The van der Waals surface area contributed by atoms with E-state index < -0.39 is 0 Å². The van der Waals surface area contributed by atoms with Crippen LogP contribution in [-0.4, -0.2) is 10.2 Å². The average molecular weight is 226 g/mol. The first-order valence-electron chi connectivity index (χ1n) is 5.29. The third kappa shape index (κ3) is 1.97. The van der Waals surface area contributed by atoms with E-state index in [2.05, 4.69) is 22.3 Å². The van der Waals surface area contributed by atoms with Crippen LogP contribution < -0.4 is 4.74 Å². The van der Waals surface area contributed by atoms with Crippen LogP contribution in [0.4, 0.5) is 0 Å². The number of rotatable bonds is 3. The minimum atomic E-state index is 0.286. The van der Waals surface area contributed by atoms with Crippen molar-refractivity contribution in [2.45, 2.75) is 6.61 Å². The molecule has 2 aromatic carbocycles. The minimum absolute atomic E-state index is 0.286. The summed E-state index contributed by atoms with van der Waals surface area (Å²) < 4.78 is 10.7. The maximum absolute atomic E-state index is 5.67. The van der Waals surface area contributed by atoms with Gasteiger partial charge in [-0.1, -0.05) is 36.4 Å². The molecule has 17 heavy (non-hydrogen) atoms. The van der Waals surface area contributed by atoms with Gasteiger partial charge in [0.05, 0.1) is 0 Å². The van der Waals surface area contributed by atoms with E-state index in [1.54, 1.807) is 0 Å². The molecule has 0 amide bonds. The highest BCUT2D eigenvalue weighted by molar-refractivity contribution is 5.88. The second kappa shape index (κ2) is 4.25. The summed E-state index contributed by atoms with van der Waals surface area (Å²) in [7, 11) is 0. The van der Waals surface area contributed by atoms with Crippen molar-refractivity contribution in [2.24, 2.45) is 0 Å². The van der Waals surface area contributed by atoms with Gasteiger partial charge in [0.2, 0.25) is 6.39 Å². The van der Waals surface area contributed by atoms with Crippen LogP contribution in [0, 0.1) is 0 Å². The molecule has 0 aliphatic carbocycles. The molecular formula is C13H10N2O2. The predicted octanol–water partition coefficient (Wildman–Crippen LogP) is 2.80. The largest absolute Gasteiger partial charge is 0.483 e. The molecule has 4 nitrogen and oxygen atoms in total. The van der Waals surface area contributed by atoms with E-state index in [1.807, 2.05) is 30.3 Å². The predicted molar refractivity (Wildman–Crippen MR) is 62.6 cm³/mol. The number of nitrogens with zero attached hydrogens (tertiary/aromatic N) is 2. The molecule has 84 valence electrons. The first-order valence-corrected chi connectivity index (χ1v) is 5.29. The average Bonchev–Trinajstić information content (AvgIpc) is 2.89. The van der Waals surface area contributed by atoms with Gasteiger partial charge in [-0.3, -0.25) is 0 Å². The molecule has 0 saturated carbocycles. The summed E-state index contributed by atoms with van der Waals surface area (Å²) in [5, 5.41) is 9.60. The molecule has 0 bridgehead atoms. The first-order chi connectivity index (χ1) is 8.43. The van der Waals surface area contributed by atoms with Crippen LogP contribution in [-0.2, 0) is 6.61 Å². The smallest absolute Gasteiger partial charge is 0.253 e. The molecule has 0 radical (unpaired) electrons. The molecule has 0 fully saturated rings. The molecule has 0 aliphatic rings.